The van der Waals surface area contributed by atoms with Gasteiger partial charge in [-0.3, -0.25) is 4.99 Å². The minimum Gasteiger partial charge on any atom is -0.355 e. The first-order valence-electron chi connectivity index (χ1n) is 8.45. The molecular weight excluding hydrogens is 312 g/mol. The number of imidazole rings is 1. The predicted molar refractivity (Wildman–Crippen MR) is 99.7 cm³/mol. The molecule has 0 radical (unpaired) electrons. The van der Waals surface area contributed by atoms with Crippen molar-refractivity contribution in [1.29, 1.82) is 0 Å². The fourth-order valence-electron chi connectivity index (χ4n) is 2.97. The molecule has 126 valence electrons. The number of benzene rings is 1. The molecular formula is C19H21N6+. The van der Waals surface area contributed by atoms with Gasteiger partial charge >= 0.3 is 0 Å². The van der Waals surface area contributed by atoms with Crippen LogP contribution in [-0.4, -0.2) is 29.8 Å². The Morgan fingerprint density at radius 3 is 2.88 bits per heavy atom. The van der Waals surface area contributed by atoms with Crippen LogP contribution in [0.1, 0.15) is 12.0 Å². The molecule has 0 aliphatic carbocycles. The minimum absolute atomic E-state index is 0.742. The number of fused-ring (bicyclic) bond motifs is 1. The fourth-order valence-corrected chi connectivity index (χ4v) is 2.97. The van der Waals surface area contributed by atoms with Gasteiger partial charge in [0.15, 0.2) is 5.69 Å². The number of guanidine groups is 1. The van der Waals surface area contributed by atoms with E-state index in [2.05, 4.69) is 85.6 Å². The summed E-state index contributed by atoms with van der Waals surface area (Å²) >= 11 is 0. The van der Waals surface area contributed by atoms with Crippen molar-refractivity contribution >= 4 is 17.8 Å². The van der Waals surface area contributed by atoms with E-state index in [-0.39, 0.29) is 0 Å². The number of nitrogens with one attached hydrogen (secondary N) is 2. The molecule has 0 fully saturated rings. The summed E-state index contributed by atoms with van der Waals surface area (Å²) in [7, 11) is 2.09. The monoisotopic (exact) mass is 333 g/mol. The Morgan fingerprint density at radius 2 is 2.12 bits per heavy atom. The van der Waals surface area contributed by atoms with Crippen molar-refractivity contribution in [3.63, 3.8) is 0 Å². The Bertz CT molecular complexity index is 936. The van der Waals surface area contributed by atoms with Crippen LogP contribution in [0.25, 0.3) is 16.9 Å². The Labute approximate surface area is 146 Å². The van der Waals surface area contributed by atoms with Crippen LogP contribution in [0.3, 0.4) is 0 Å². The lowest BCUT2D eigenvalue weighted by atomic mass is 10.1. The van der Waals surface area contributed by atoms with E-state index in [4.69, 9.17) is 0 Å². The highest BCUT2D eigenvalue weighted by molar-refractivity contribution is 5.84. The van der Waals surface area contributed by atoms with Gasteiger partial charge in [-0.2, -0.15) is 5.10 Å². The summed E-state index contributed by atoms with van der Waals surface area (Å²) in [5, 5.41) is 7.42. The first kappa shape index (κ1) is 15.4. The molecule has 0 bridgehead atoms. The van der Waals surface area contributed by atoms with Crippen molar-refractivity contribution in [3.8, 4) is 11.3 Å². The molecule has 6 nitrogen and oxygen atoms in total. The Hall–Kier alpha value is -3.15. The topological polar surface area (TPSA) is 57.8 Å². The second kappa shape index (κ2) is 6.76. The van der Waals surface area contributed by atoms with Gasteiger partial charge in [-0.1, -0.05) is 18.2 Å². The molecule has 2 N–H and O–H groups in total. The summed E-state index contributed by atoms with van der Waals surface area (Å²) in [6, 6.07) is 14.6. The van der Waals surface area contributed by atoms with E-state index >= 15 is 0 Å². The van der Waals surface area contributed by atoms with Crippen LogP contribution in [0, 0.1) is 0 Å². The molecule has 3 aromatic rings. The first-order valence-corrected chi connectivity index (χ1v) is 8.45. The van der Waals surface area contributed by atoms with Gasteiger partial charge in [0.05, 0.1) is 19.5 Å². The maximum atomic E-state index is 4.32. The van der Waals surface area contributed by atoms with Crippen molar-refractivity contribution < 1.29 is 4.40 Å². The van der Waals surface area contributed by atoms with E-state index < -0.39 is 0 Å². The molecule has 1 aliphatic rings. The van der Waals surface area contributed by atoms with Crippen LogP contribution in [-0.2, 0) is 7.05 Å². The zero-order chi connectivity index (χ0) is 17.1. The van der Waals surface area contributed by atoms with Crippen molar-refractivity contribution in [2.45, 2.75) is 6.42 Å². The van der Waals surface area contributed by atoms with Gasteiger partial charge in [-0.15, -0.1) is 0 Å². The molecule has 3 heterocycles. The number of pyridine rings is 1. The number of hydrogen-bond acceptors (Lipinski definition) is 4. The SMILES string of the molecule is Cn1c(-c2ccc(/C=N/NC3=NCCCN3)cc2)c[n+]2ccccc12. The second-order valence-electron chi connectivity index (χ2n) is 6.04. The lowest BCUT2D eigenvalue weighted by molar-refractivity contribution is -0.510. The third-order valence-corrected chi connectivity index (χ3v) is 4.32. The molecule has 4 rings (SSSR count). The molecule has 0 spiro atoms. The van der Waals surface area contributed by atoms with Gasteiger partial charge in [-0.05, 0) is 30.2 Å². The summed E-state index contributed by atoms with van der Waals surface area (Å²) in [5.41, 5.74) is 7.50. The standard InChI is InChI=1S/C19H21N6/c1-24-17(14-25-12-3-2-5-18(24)25)16-8-6-15(7-9-16)13-22-23-19-20-10-4-11-21-19/h2-3,5-9,12-14H,4,10-11H2,1H3,(H2,20,21,23)/q+1/b22-13+. The van der Waals surface area contributed by atoms with Crippen LogP contribution in [0.15, 0.2) is 65.0 Å². The largest absolute Gasteiger partial charge is 0.355 e. The van der Waals surface area contributed by atoms with E-state index in [1.165, 1.54) is 11.3 Å². The highest BCUT2D eigenvalue weighted by Crippen LogP contribution is 2.19. The maximum Gasteiger partial charge on any atom is 0.286 e. The molecule has 25 heavy (non-hydrogen) atoms. The number of hydrazone groups is 1. The molecule has 1 aromatic carbocycles. The van der Waals surface area contributed by atoms with Crippen molar-refractivity contribution in [2.24, 2.45) is 17.1 Å². The molecule has 6 heteroatoms. The van der Waals surface area contributed by atoms with Crippen LogP contribution in [0.2, 0.25) is 0 Å². The van der Waals surface area contributed by atoms with Crippen LogP contribution in [0.5, 0.6) is 0 Å². The van der Waals surface area contributed by atoms with E-state index in [9.17, 15) is 0 Å². The van der Waals surface area contributed by atoms with Gasteiger partial charge in [-0.25, -0.2) is 14.4 Å². The molecule has 0 atom stereocenters. The fraction of sp³-hybridized carbons (Fsp3) is 0.211. The Morgan fingerprint density at radius 1 is 1.24 bits per heavy atom. The lowest BCUT2D eigenvalue weighted by Crippen LogP contribution is -2.38. The summed E-state index contributed by atoms with van der Waals surface area (Å²) in [6.07, 6.45) is 7.09. The zero-order valence-corrected chi connectivity index (χ0v) is 14.2. The normalized spacial score (nSPS) is 14.5. The molecule has 0 amide bonds. The number of rotatable bonds is 3. The number of aromatic nitrogens is 2. The van der Waals surface area contributed by atoms with Gasteiger partial charge in [0.25, 0.3) is 5.65 Å². The van der Waals surface area contributed by atoms with E-state index in [0.717, 1.165) is 36.7 Å². The smallest absolute Gasteiger partial charge is 0.286 e. The molecule has 2 aromatic heterocycles. The molecule has 0 saturated carbocycles. The first-order chi connectivity index (χ1) is 12.3. The third kappa shape index (κ3) is 3.24. The summed E-state index contributed by atoms with van der Waals surface area (Å²) < 4.78 is 4.32. The zero-order valence-electron chi connectivity index (χ0n) is 14.2. The lowest BCUT2D eigenvalue weighted by Gasteiger charge is -2.12. The average molecular weight is 333 g/mol. The van der Waals surface area contributed by atoms with Gasteiger partial charge in [0, 0.05) is 24.7 Å². The molecule has 0 saturated heterocycles. The van der Waals surface area contributed by atoms with Crippen molar-refractivity contribution in [1.82, 2.24) is 15.3 Å². The molecule has 0 unspecified atom stereocenters. The van der Waals surface area contributed by atoms with E-state index in [1.54, 1.807) is 6.21 Å². The van der Waals surface area contributed by atoms with Gasteiger partial charge in [0.1, 0.15) is 6.20 Å². The van der Waals surface area contributed by atoms with Crippen molar-refractivity contribution in [3.05, 3.63) is 60.4 Å². The second-order valence-corrected chi connectivity index (χ2v) is 6.04. The van der Waals surface area contributed by atoms with E-state index in [0.29, 0.717) is 0 Å². The highest BCUT2D eigenvalue weighted by Gasteiger charge is 2.14. The van der Waals surface area contributed by atoms with E-state index in [1.807, 2.05) is 6.07 Å². The quantitative estimate of drug-likeness (QED) is 0.435. The van der Waals surface area contributed by atoms with Crippen LogP contribution in [0.4, 0.5) is 0 Å². The summed E-state index contributed by atoms with van der Waals surface area (Å²) in [5.74, 6) is 0.742. The maximum absolute atomic E-state index is 4.32. The minimum atomic E-state index is 0.742. The Kier molecular flexibility index (Phi) is 4.16. The van der Waals surface area contributed by atoms with Crippen LogP contribution < -0.4 is 15.1 Å². The van der Waals surface area contributed by atoms with Gasteiger partial charge < -0.3 is 5.32 Å². The van der Waals surface area contributed by atoms with Gasteiger partial charge in [0.2, 0.25) is 5.96 Å². The summed E-state index contributed by atoms with van der Waals surface area (Å²) in [6.45, 7) is 1.79. The number of aryl methyl sites for hydroxylation is 1. The third-order valence-electron chi connectivity index (χ3n) is 4.32. The van der Waals surface area contributed by atoms with Crippen molar-refractivity contribution in [2.75, 3.05) is 13.1 Å². The highest BCUT2D eigenvalue weighted by atomic mass is 15.4. The predicted octanol–water partition coefficient (Wildman–Crippen LogP) is 1.70. The summed E-state index contributed by atoms with van der Waals surface area (Å²) in [4.78, 5) is 4.32. The number of nitrogens with zero attached hydrogens (tertiary/aromatic N) is 4. The Balaban J connectivity index is 1.51. The number of aliphatic imine (C=N–C) groups is 1. The molecule has 1 aliphatic heterocycles. The average Bonchev–Trinajstić information content (AvgIpc) is 3.00. The van der Waals surface area contributed by atoms with Crippen LogP contribution >= 0.6 is 0 Å². The number of hydrogen-bond donors (Lipinski definition) is 2.